The molecule has 1 aromatic heterocycles. The van der Waals surface area contributed by atoms with Crippen LogP contribution in [0.4, 0.5) is 11.5 Å². The average molecular weight is 560 g/mol. The predicted molar refractivity (Wildman–Crippen MR) is 150 cm³/mol. The monoisotopic (exact) mass is 558 g/mol. The molecule has 0 radical (unpaired) electrons. The van der Waals surface area contributed by atoms with Crippen LogP contribution in [0.5, 0.6) is 0 Å². The lowest BCUT2D eigenvalue weighted by Gasteiger charge is -2.45. The van der Waals surface area contributed by atoms with Crippen LogP contribution in [0.25, 0.3) is 0 Å². The number of carbonyl (C=O) groups excluding carboxylic acids is 1. The van der Waals surface area contributed by atoms with Gasteiger partial charge in [0, 0.05) is 48.3 Å². The molecule has 1 amide bonds. The largest absolute Gasteiger partial charge is 0.384 e. The molecule has 2 fully saturated rings. The molecule has 37 heavy (non-hydrogen) atoms. The lowest BCUT2D eigenvalue weighted by atomic mass is 9.94. The second kappa shape index (κ2) is 10.8. The minimum Gasteiger partial charge on any atom is -0.384 e. The number of hydrogen-bond donors (Lipinski definition) is 2. The standard InChI is InChI=1S/C28H29Cl3N4O2/c1-28(37,20-10-11-32-26(14-20)33-27(36)19-2-3-19)17-34-12-13-35(24-9-8-22(30)15-23(24)31)25(16-34)18-4-6-21(29)7-5-18/h4-11,14-15,19,25,37H,2-3,12-13,16-17H2,1H3,(H,32,33,36)/t25-,28+/m0/s1. The van der Waals surface area contributed by atoms with Gasteiger partial charge in [-0.2, -0.15) is 0 Å². The first-order valence-corrected chi connectivity index (χ1v) is 13.5. The third-order valence-electron chi connectivity index (χ3n) is 7.05. The molecule has 0 spiro atoms. The van der Waals surface area contributed by atoms with Gasteiger partial charge in [-0.1, -0.05) is 46.9 Å². The highest BCUT2D eigenvalue weighted by Gasteiger charge is 2.35. The number of aliphatic hydroxyl groups is 1. The van der Waals surface area contributed by atoms with Crippen LogP contribution in [0.15, 0.2) is 60.8 Å². The van der Waals surface area contributed by atoms with E-state index in [9.17, 15) is 9.90 Å². The van der Waals surface area contributed by atoms with E-state index in [2.05, 4.69) is 20.1 Å². The molecule has 2 atom stereocenters. The number of amides is 1. The van der Waals surface area contributed by atoms with Crippen molar-refractivity contribution in [1.82, 2.24) is 9.88 Å². The fraction of sp³-hybridized carbons (Fsp3) is 0.357. The first-order valence-electron chi connectivity index (χ1n) is 12.4. The third-order valence-corrected chi connectivity index (χ3v) is 7.84. The first-order chi connectivity index (χ1) is 17.7. The molecule has 1 aliphatic carbocycles. The predicted octanol–water partition coefficient (Wildman–Crippen LogP) is 6.16. The zero-order valence-corrected chi connectivity index (χ0v) is 22.8. The van der Waals surface area contributed by atoms with E-state index in [1.165, 1.54) is 0 Å². The summed E-state index contributed by atoms with van der Waals surface area (Å²) in [5.74, 6) is 0.546. The topological polar surface area (TPSA) is 68.7 Å². The molecule has 2 heterocycles. The van der Waals surface area contributed by atoms with Crippen LogP contribution < -0.4 is 10.2 Å². The number of pyridine rings is 1. The van der Waals surface area contributed by atoms with Crippen LogP contribution in [0.1, 0.15) is 36.9 Å². The van der Waals surface area contributed by atoms with Gasteiger partial charge in [0.2, 0.25) is 5.91 Å². The Bertz CT molecular complexity index is 1280. The van der Waals surface area contributed by atoms with Crippen molar-refractivity contribution in [2.24, 2.45) is 5.92 Å². The number of hydrogen-bond acceptors (Lipinski definition) is 5. The number of benzene rings is 2. The normalized spacial score (nSPS) is 19.9. The van der Waals surface area contributed by atoms with Crippen molar-refractivity contribution in [2.45, 2.75) is 31.4 Å². The van der Waals surface area contributed by atoms with Gasteiger partial charge in [-0.25, -0.2) is 4.98 Å². The maximum atomic E-state index is 12.2. The fourth-order valence-corrected chi connectivity index (χ4v) is 5.53. The summed E-state index contributed by atoms with van der Waals surface area (Å²) in [7, 11) is 0. The van der Waals surface area contributed by atoms with Crippen LogP contribution in [-0.2, 0) is 10.4 Å². The van der Waals surface area contributed by atoms with E-state index < -0.39 is 5.60 Å². The van der Waals surface area contributed by atoms with Gasteiger partial charge in [0.15, 0.2) is 0 Å². The molecule has 194 valence electrons. The Morgan fingerprint density at radius 2 is 1.78 bits per heavy atom. The summed E-state index contributed by atoms with van der Waals surface area (Å²) in [4.78, 5) is 21.0. The van der Waals surface area contributed by atoms with Gasteiger partial charge in [0.05, 0.1) is 22.4 Å². The van der Waals surface area contributed by atoms with Crippen LogP contribution in [0.3, 0.4) is 0 Å². The van der Waals surface area contributed by atoms with E-state index in [0.717, 1.165) is 30.6 Å². The highest BCUT2D eigenvalue weighted by Crippen LogP contribution is 2.38. The Labute approximate surface area is 232 Å². The number of halogens is 3. The van der Waals surface area contributed by atoms with Crippen molar-refractivity contribution in [1.29, 1.82) is 0 Å². The van der Waals surface area contributed by atoms with Gasteiger partial charge in [0.25, 0.3) is 0 Å². The molecular weight excluding hydrogens is 531 g/mol. The summed E-state index contributed by atoms with van der Waals surface area (Å²) in [6, 6.07) is 17.0. The smallest absolute Gasteiger partial charge is 0.228 e. The Morgan fingerprint density at radius 3 is 2.49 bits per heavy atom. The van der Waals surface area contributed by atoms with Gasteiger partial charge < -0.3 is 15.3 Å². The maximum Gasteiger partial charge on any atom is 0.228 e. The van der Waals surface area contributed by atoms with E-state index in [1.807, 2.05) is 36.4 Å². The van der Waals surface area contributed by atoms with E-state index in [4.69, 9.17) is 34.8 Å². The van der Waals surface area contributed by atoms with Gasteiger partial charge in [-0.15, -0.1) is 0 Å². The van der Waals surface area contributed by atoms with Crippen molar-refractivity contribution in [3.05, 3.63) is 87.0 Å². The quantitative estimate of drug-likeness (QED) is 0.363. The Kier molecular flexibility index (Phi) is 7.66. The average Bonchev–Trinajstić information content (AvgIpc) is 3.71. The van der Waals surface area contributed by atoms with Crippen LogP contribution in [-0.4, -0.2) is 47.1 Å². The lowest BCUT2D eigenvalue weighted by Crippen LogP contribution is -2.52. The SMILES string of the molecule is C[C@@](O)(CN1CCN(c2ccc(Cl)cc2Cl)[C@H](c2ccc(Cl)cc2)C1)c1ccnc(NC(=O)C2CC2)c1. The summed E-state index contributed by atoms with van der Waals surface area (Å²) in [5.41, 5.74) is 1.59. The fourth-order valence-electron chi connectivity index (χ4n) is 4.89. The van der Waals surface area contributed by atoms with Crippen LogP contribution in [0.2, 0.25) is 15.1 Å². The van der Waals surface area contributed by atoms with Crippen molar-refractivity contribution in [2.75, 3.05) is 36.4 Å². The molecule has 0 unspecified atom stereocenters. The Morgan fingerprint density at radius 1 is 1.05 bits per heavy atom. The molecule has 5 rings (SSSR count). The maximum absolute atomic E-state index is 12.2. The number of aromatic nitrogens is 1. The van der Waals surface area contributed by atoms with E-state index >= 15 is 0 Å². The zero-order valence-electron chi connectivity index (χ0n) is 20.5. The number of anilines is 2. The van der Waals surface area contributed by atoms with Crippen molar-refractivity contribution < 1.29 is 9.90 Å². The number of rotatable bonds is 7. The summed E-state index contributed by atoms with van der Waals surface area (Å²) in [6.07, 6.45) is 3.47. The molecule has 1 saturated carbocycles. The van der Waals surface area contributed by atoms with Crippen molar-refractivity contribution in [3.63, 3.8) is 0 Å². The van der Waals surface area contributed by atoms with Gasteiger partial charge in [-0.3, -0.25) is 9.69 Å². The van der Waals surface area contributed by atoms with E-state index in [1.54, 1.807) is 31.3 Å². The van der Waals surface area contributed by atoms with Gasteiger partial charge in [0.1, 0.15) is 5.82 Å². The molecular formula is C28H29Cl3N4O2. The first kappa shape index (κ1) is 26.3. The molecule has 2 aromatic carbocycles. The molecule has 2 aliphatic rings. The molecule has 9 heteroatoms. The molecule has 1 aliphatic heterocycles. The van der Waals surface area contributed by atoms with E-state index in [-0.39, 0.29) is 17.9 Å². The molecule has 1 saturated heterocycles. The zero-order chi connectivity index (χ0) is 26.2. The molecule has 6 nitrogen and oxygen atoms in total. The second-order valence-corrected chi connectivity index (χ2v) is 11.3. The molecule has 0 bridgehead atoms. The number of piperazine rings is 1. The number of nitrogens with zero attached hydrogens (tertiary/aromatic N) is 3. The van der Waals surface area contributed by atoms with Gasteiger partial charge in [-0.05, 0) is 73.4 Å². The van der Waals surface area contributed by atoms with Crippen LogP contribution >= 0.6 is 34.8 Å². The highest BCUT2D eigenvalue weighted by atomic mass is 35.5. The molecule has 2 N–H and O–H groups in total. The number of nitrogens with one attached hydrogen (secondary N) is 1. The van der Waals surface area contributed by atoms with Crippen molar-refractivity contribution in [3.8, 4) is 0 Å². The van der Waals surface area contributed by atoms with E-state index in [0.29, 0.717) is 46.1 Å². The summed E-state index contributed by atoms with van der Waals surface area (Å²) < 4.78 is 0. The van der Waals surface area contributed by atoms with Crippen LogP contribution in [0, 0.1) is 5.92 Å². The van der Waals surface area contributed by atoms with Gasteiger partial charge >= 0.3 is 0 Å². The molecule has 3 aromatic rings. The summed E-state index contributed by atoms with van der Waals surface area (Å²) >= 11 is 18.9. The highest BCUT2D eigenvalue weighted by molar-refractivity contribution is 6.36. The summed E-state index contributed by atoms with van der Waals surface area (Å²) in [6.45, 7) is 4.33. The Balaban J connectivity index is 1.36. The second-order valence-electron chi connectivity index (χ2n) is 10.1. The Hall–Kier alpha value is -2.35. The minimum atomic E-state index is -1.15. The third kappa shape index (κ3) is 6.21. The number of β-amino-alcohol motifs (C(OH)–C–C–N with tert-alkyl or cyclic N) is 1. The minimum absolute atomic E-state index is 0.00733. The lowest BCUT2D eigenvalue weighted by molar-refractivity contribution is -0.117. The summed E-state index contributed by atoms with van der Waals surface area (Å²) in [5, 5.41) is 16.3. The van der Waals surface area contributed by atoms with Crippen molar-refractivity contribution >= 4 is 52.2 Å². The number of carbonyl (C=O) groups is 1.